The molecule has 4 heteroatoms. The molecule has 0 spiro atoms. The number of ether oxygens (including phenoxy) is 1. The van der Waals surface area contributed by atoms with Crippen LogP contribution in [0.5, 0.6) is 0 Å². The molecule has 0 aliphatic carbocycles. The fraction of sp³-hybridized carbons (Fsp3) is 0.125. The van der Waals surface area contributed by atoms with Crippen molar-refractivity contribution in [2.24, 2.45) is 0 Å². The van der Waals surface area contributed by atoms with E-state index >= 15 is 0 Å². The Bertz CT molecular complexity index is 287. The summed E-state index contributed by atoms with van der Waals surface area (Å²) in [5.74, 6) is -0.613. The maximum absolute atomic E-state index is 10.7. The predicted octanol–water partition coefficient (Wildman–Crippen LogP) is 1.82. The van der Waals surface area contributed by atoms with Crippen LogP contribution in [0.1, 0.15) is 4.88 Å². The second kappa shape index (κ2) is 3.92. The summed E-state index contributed by atoms with van der Waals surface area (Å²) in [7, 11) is 1.26. The first kappa shape index (κ1) is 8.80. The monoisotopic (exact) mass is 184 g/mol. The van der Waals surface area contributed by atoms with Crippen molar-refractivity contribution >= 4 is 23.1 Å². The molecule has 1 rings (SSSR count). The van der Waals surface area contributed by atoms with Crippen molar-refractivity contribution in [1.82, 2.24) is 0 Å². The molecule has 0 aliphatic heterocycles. The van der Waals surface area contributed by atoms with E-state index < -0.39 is 5.97 Å². The zero-order valence-electron chi connectivity index (χ0n) is 6.48. The molecule has 0 fully saturated rings. The second-order valence-corrected chi connectivity index (χ2v) is 2.98. The van der Waals surface area contributed by atoms with Gasteiger partial charge in [-0.3, -0.25) is 0 Å². The Morgan fingerprint density at radius 1 is 1.75 bits per heavy atom. The van der Waals surface area contributed by atoms with Crippen LogP contribution < -0.4 is 0 Å². The molecule has 3 nitrogen and oxygen atoms in total. The van der Waals surface area contributed by atoms with Crippen molar-refractivity contribution in [1.29, 1.82) is 0 Å². The predicted molar refractivity (Wildman–Crippen MR) is 46.9 cm³/mol. The van der Waals surface area contributed by atoms with Gasteiger partial charge in [0.25, 0.3) is 0 Å². The van der Waals surface area contributed by atoms with E-state index in [-0.39, 0.29) is 5.76 Å². The Labute approximate surface area is 73.9 Å². The van der Waals surface area contributed by atoms with E-state index in [1.807, 2.05) is 5.38 Å². The highest BCUT2D eigenvalue weighted by Gasteiger charge is 2.02. The molecule has 1 aromatic rings. The van der Waals surface area contributed by atoms with Crippen molar-refractivity contribution < 1.29 is 14.6 Å². The van der Waals surface area contributed by atoms with Gasteiger partial charge in [0.05, 0.1) is 18.1 Å². The molecule has 0 amide bonds. The first-order valence-corrected chi connectivity index (χ1v) is 4.14. The van der Waals surface area contributed by atoms with Crippen molar-refractivity contribution in [2.75, 3.05) is 7.11 Å². The third-order valence-corrected chi connectivity index (χ3v) is 2.12. The maximum Gasteiger partial charge on any atom is 0.334 e. The molecule has 0 aliphatic rings. The molecular formula is C8H8O3S. The molecule has 0 atom stereocenters. The first-order chi connectivity index (χ1) is 5.74. The summed E-state index contributed by atoms with van der Waals surface area (Å²) in [5, 5.41) is 11.1. The minimum Gasteiger partial charge on any atom is -0.506 e. The number of aliphatic hydroxyl groups is 1. The summed E-state index contributed by atoms with van der Waals surface area (Å²) in [6, 6.07) is 3.51. The number of methoxy groups -OCH3 is 1. The van der Waals surface area contributed by atoms with Gasteiger partial charge in [-0.05, 0) is 11.4 Å². The molecule has 0 aromatic carbocycles. The van der Waals surface area contributed by atoms with Gasteiger partial charge in [0.1, 0.15) is 5.76 Å². The van der Waals surface area contributed by atoms with Crippen LogP contribution in [0.3, 0.4) is 0 Å². The Kier molecular flexibility index (Phi) is 2.88. The van der Waals surface area contributed by atoms with Gasteiger partial charge in [0.15, 0.2) is 0 Å². The van der Waals surface area contributed by atoms with Crippen molar-refractivity contribution in [3.8, 4) is 0 Å². The standard InChI is InChI=1S/C8H8O3S/c1-11-8(10)5-6(9)7-3-2-4-12-7/h2-5,9H,1H3. The van der Waals surface area contributed by atoms with Gasteiger partial charge >= 0.3 is 5.97 Å². The highest BCUT2D eigenvalue weighted by molar-refractivity contribution is 7.11. The smallest absolute Gasteiger partial charge is 0.334 e. The largest absolute Gasteiger partial charge is 0.506 e. The summed E-state index contributed by atoms with van der Waals surface area (Å²) in [6.07, 6.45) is 1.05. The van der Waals surface area contributed by atoms with Crippen molar-refractivity contribution in [3.05, 3.63) is 28.5 Å². The van der Waals surface area contributed by atoms with Crippen LogP contribution >= 0.6 is 11.3 Å². The lowest BCUT2D eigenvalue weighted by Crippen LogP contribution is -1.95. The summed E-state index contributed by atoms with van der Waals surface area (Å²) >= 11 is 1.36. The molecule has 1 aromatic heterocycles. The normalized spacial score (nSPS) is 11.2. The summed E-state index contributed by atoms with van der Waals surface area (Å²) in [5.41, 5.74) is 0. The van der Waals surface area contributed by atoms with Crippen LogP contribution in [-0.2, 0) is 9.53 Å². The Morgan fingerprint density at radius 3 is 3.00 bits per heavy atom. The molecule has 0 radical (unpaired) electrons. The van der Waals surface area contributed by atoms with E-state index in [1.54, 1.807) is 12.1 Å². The zero-order chi connectivity index (χ0) is 8.97. The van der Waals surface area contributed by atoms with Crippen LogP contribution in [-0.4, -0.2) is 18.2 Å². The lowest BCUT2D eigenvalue weighted by molar-refractivity contribution is -0.134. The van der Waals surface area contributed by atoms with Crippen molar-refractivity contribution in [3.63, 3.8) is 0 Å². The average Bonchev–Trinajstić information content (AvgIpc) is 2.56. The van der Waals surface area contributed by atoms with Gasteiger partial charge in [0.2, 0.25) is 0 Å². The summed E-state index contributed by atoms with van der Waals surface area (Å²) in [4.78, 5) is 11.3. The highest BCUT2D eigenvalue weighted by Crippen LogP contribution is 2.16. The Balaban J connectivity index is 2.77. The quantitative estimate of drug-likeness (QED) is 0.433. The van der Waals surface area contributed by atoms with Gasteiger partial charge in [0, 0.05) is 0 Å². The number of thiophene rings is 1. The van der Waals surface area contributed by atoms with Gasteiger partial charge in [-0.2, -0.15) is 0 Å². The molecule has 1 heterocycles. The highest BCUT2D eigenvalue weighted by atomic mass is 32.1. The first-order valence-electron chi connectivity index (χ1n) is 3.26. The van der Waals surface area contributed by atoms with Crippen LogP contribution in [0.15, 0.2) is 23.6 Å². The molecule has 0 saturated heterocycles. The fourth-order valence-electron chi connectivity index (χ4n) is 0.666. The molecule has 12 heavy (non-hydrogen) atoms. The van der Waals surface area contributed by atoms with Gasteiger partial charge < -0.3 is 9.84 Å². The molecule has 1 N–H and O–H groups in total. The SMILES string of the molecule is COC(=O)C=C(O)c1cccs1. The molecular weight excluding hydrogens is 176 g/mol. The van der Waals surface area contributed by atoms with Gasteiger partial charge in [-0.1, -0.05) is 6.07 Å². The van der Waals surface area contributed by atoms with E-state index in [2.05, 4.69) is 4.74 Å². The fourth-order valence-corrected chi connectivity index (χ4v) is 1.31. The number of carbonyl (C=O) groups excluding carboxylic acids is 1. The molecule has 0 unspecified atom stereocenters. The minimum absolute atomic E-state index is 0.0585. The topological polar surface area (TPSA) is 46.5 Å². The lowest BCUT2D eigenvalue weighted by Gasteiger charge is -1.94. The summed E-state index contributed by atoms with van der Waals surface area (Å²) in [6.45, 7) is 0. The number of hydrogen-bond donors (Lipinski definition) is 1. The molecule has 64 valence electrons. The van der Waals surface area contributed by atoms with E-state index in [9.17, 15) is 9.90 Å². The second-order valence-electron chi connectivity index (χ2n) is 2.03. The van der Waals surface area contributed by atoms with E-state index in [4.69, 9.17) is 0 Å². The van der Waals surface area contributed by atoms with Crippen LogP contribution in [0.25, 0.3) is 5.76 Å². The lowest BCUT2D eigenvalue weighted by atomic mass is 10.4. The van der Waals surface area contributed by atoms with Gasteiger partial charge in [-0.25, -0.2) is 4.79 Å². The third-order valence-electron chi connectivity index (χ3n) is 1.23. The number of esters is 1. The summed E-state index contributed by atoms with van der Waals surface area (Å²) < 4.78 is 4.35. The van der Waals surface area contributed by atoms with Crippen LogP contribution in [0.2, 0.25) is 0 Å². The van der Waals surface area contributed by atoms with Crippen molar-refractivity contribution in [2.45, 2.75) is 0 Å². The number of aliphatic hydroxyl groups excluding tert-OH is 1. The van der Waals surface area contributed by atoms with Crippen LogP contribution in [0, 0.1) is 0 Å². The maximum atomic E-state index is 10.7. The Morgan fingerprint density at radius 2 is 2.50 bits per heavy atom. The minimum atomic E-state index is -0.555. The molecule has 0 saturated carbocycles. The number of rotatable bonds is 2. The van der Waals surface area contributed by atoms with Gasteiger partial charge in [-0.15, -0.1) is 11.3 Å². The van der Waals surface area contributed by atoms with E-state index in [0.717, 1.165) is 6.08 Å². The van der Waals surface area contributed by atoms with E-state index in [1.165, 1.54) is 18.4 Å². The molecule has 0 bridgehead atoms. The average molecular weight is 184 g/mol. The number of carbonyl (C=O) groups is 1. The third kappa shape index (κ3) is 2.10. The van der Waals surface area contributed by atoms with E-state index in [0.29, 0.717) is 4.88 Å². The number of hydrogen-bond acceptors (Lipinski definition) is 4. The van der Waals surface area contributed by atoms with Crippen LogP contribution in [0.4, 0.5) is 0 Å². The Hall–Kier alpha value is -1.29. The zero-order valence-corrected chi connectivity index (χ0v) is 7.30.